The summed E-state index contributed by atoms with van der Waals surface area (Å²) in [5.74, 6) is -0.576. The summed E-state index contributed by atoms with van der Waals surface area (Å²) in [6.45, 7) is 0.342. The summed E-state index contributed by atoms with van der Waals surface area (Å²) in [5.41, 5.74) is 3.37. The molecule has 0 aliphatic heterocycles. The highest BCUT2D eigenvalue weighted by Gasteiger charge is 2.19. The summed E-state index contributed by atoms with van der Waals surface area (Å²) in [5, 5.41) is 2.77. The molecule has 0 radical (unpaired) electrons. The first kappa shape index (κ1) is 18.1. The molecule has 0 unspecified atom stereocenters. The van der Waals surface area contributed by atoms with Crippen LogP contribution in [-0.2, 0) is 6.54 Å². The zero-order valence-electron chi connectivity index (χ0n) is 15.6. The molecule has 5 rings (SSSR count). The van der Waals surface area contributed by atoms with Crippen LogP contribution in [0.4, 0.5) is 5.69 Å². The van der Waals surface area contributed by atoms with Gasteiger partial charge in [-0.15, -0.1) is 0 Å². The van der Waals surface area contributed by atoms with E-state index >= 15 is 0 Å². The standard InChI is InChI=1S/C22H15N5O2S/c28-21(24-16-10-6-11-17-19(16)26-30-25-17)20-22(29)27(13-14-7-2-1-3-8-14)18-12-5-4-9-15(18)23-20/h1-12H,13H2,(H,24,28). The summed E-state index contributed by atoms with van der Waals surface area (Å²) in [6.07, 6.45) is 0. The van der Waals surface area contributed by atoms with Crippen LogP contribution in [0.3, 0.4) is 0 Å². The van der Waals surface area contributed by atoms with Crippen molar-refractivity contribution in [1.82, 2.24) is 18.3 Å². The lowest BCUT2D eigenvalue weighted by molar-refractivity contribution is 0.102. The maximum absolute atomic E-state index is 13.2. The number of anilines is 1. The van der Waals surface area contributed by atoms with Gasteiger partial charge in [-0.25, -0.2) is 4.98 Å². The van der Waals surface area contributed by atoms with E-state index in [-0.39, 0.29) is 5.69 Å². The van der Waals surface area contributed by atoms with E-state index in [0.717, 1.165) is 17.3 Å². The summed E-state index contributed by atoms with van der Waals surface area (Å²) < 4.78 is 9.98. The number of aromatic nitrogens is 4. The van der Waals surface area contributed by atoms with Crippen molar-refractivity contribution in [2.24, 2.45) is 0 Å². The second-order valence-corrected chi connectivity index (χ2v) is 7.25. The minimum atomic E-state index is -0.576. The molecule has 0 saturated heterocycles. The Hall–Kier alpha value is -3.91. The fourth-order valence-electron chi connectivity index (χ4n) is 3.35. The predicted molar refractivity (Wildman–Crippen MR) is 117 cm³/mol. The maximum Gasteiger partial charge on any atom is 0.283 e. The smallest absolute Gasteiger partial charge is 0.283 e. The van der Waals surface area contributed by atoms with Crippen LogP contribution in [0.5, 0.6) is 0 Å². The van der Waals surface area contributed by atoms with Gasteiger partial charge in [-0.05, 0) is 29.8 Å². The van der Waals surface area contributed by atoms with Crippen molar-refractivity contribution in [3.63, 3.8) is 0 Å². The quantitative estimate of drug-likeness (QED) is 0.485. The summed E-state index contributed by atoms with van der Waals surface area (Å²) >= 11 is 1.07. The number of carbonyl (C=O) groups excluding carboxylic acids is 1. The number of benzene rings is 3. The topological polar surface area (TPSA) is 89.8 Å². The van der Waals surface area contributed by atoms with Crippen LogP contribution >= 0.6 is 11.7 Å². The minimum Gasteiger partial charge on any atom is -0.318 e. The minimum absolute atomic E-state index is 0.162. The number of hydrogen-bond donors (Lipinski definition) is 1. The van der Waals surface area contributed by atoms with E-state index < -0.39 is 11.5 Å². The highest BCUT2D eigenvalue weighted by Crippen LogP contribution is 2.21. The van der Waals surface area contributed by atoms with Gasteiger partial charge in [0.05, 0.1) is 35.0 Å². The molecule has 0 spiro atoms. The van der Waals surface area contributed by atoms with Gasteiger partial charge in [0.25, 0.3) is 11.5 Å². The molecule has 2 heterocycles. The number of carbonyl (C=O) groups is 1. The van der Waals surface area contributed by atoms with E-state index in [1.165, 1.54) is 0 Å². The highest BCUT2D eigenvalue weighted by molar-refractivity contribution is 7.00. The number of para-hydroxylation sites is 2. The van der Waals surface area contributed by atoms with E-state index in [0.29, 0.717) is 34.3 Å². The third-order valence-electron chi connectivity index (χ3n) is 4.79. The number of nitrogens with one attached hydrogen (secondary N) is 1. The number of nitrogens with zero attached hydrogens (tertiary/aromatic N) is 4. The number of fused-ring (bicyclic) bond motifs is 2. The van der Waals surface area contributed by atoms with E-state index in [2.05, 4.69) is 19.0 Å². The molecule has 5 aromatic rings. The molecule has 0 aliphatic carbocycles. The molecule has 2 aromatic heterocycles. The van der Waals surface area contributed by atoms with Crippen LogP contribution in [0, 0.1) is 0 Å². The van der Waals surface area contributed by atoms with Gasteiger partial charge in [-0.2, -0.15) is 8.75 Å². The first-order valence-corrected chi connectivity index (χ1v) is 10.00. The van der Waals surface area contributed by atoms with Gasteiger partial charge >= 0.3 is 0 Å². The van der Waals surface area contributed by atoms with E-state index in [9.17, 15) is 9.59 Å². The van der Waals surface area contributed by atoms with Crippen molar-refractivity contribution in [3.05, 3.63) is 94.4 Å². The first-order valence-electron chi connectivity index (χ1n) is 9.27. The van der Waals surface area contributed by atoms with Crippen LogP contribution in [0.25, 0.3) is 22.1 Å². The molecule has 1 amide bonds. The Morgan fingerprint density at radius 3 is 2.53 bits per heavy atom. The molecule has 30 heavy (non-hydrogen) atoms. The number of rotatable bonds is 4. The molecule has 3 aromatic carbocycles. The average molecular weight is 413 g/mol. The van der Waals surface area contributed by atoms with Crippen LogP contribution < -0.4 is 10.9 Å². The number of amides is 1. The largest absolute Gasteiger partial charge is 0.318 e. The van der Waals surface area contributed by atoms with Crippen LogP contribution in [0.1, 0.15) is 16.1 Å². The van der Waals surface area contributed by atoms with Gasteiger partial charge in [-0.1, -0.05) is 48.5 Å². The normalized spacial score (nSPS) is 11.1. The Bertz CT molecular complexity index is 1440. The Morgan fingerprint density at radius 1 is 0.900 bits per heavy atom. The zero-order valence-corrected chi connectivity index (χ0v) is 16.5. The lowest BCUT2D eigenvalue weighted by Crippen LogP contribution is -2.31. The molecule has 0 bridgehead atoms. The molecule has 0 fully saturated rings. The van der Waals surface area contributed by atoms with E-state index in [1.807, 2.05) is 54.6 Å². The molecule has 7 nitrogen and oxygen atoms in total. The van der Waals surface area contributed by atoms with Crippen molar-refractivity contribution in [2.75, 3.05) is 5.32 Å². The molecule has 146 valence electrons. The first-order chi connectivity index (χ1) is 14.7. The fraction of sp³-hybridized carbons (Fsp3) is 0.0455. The van der Waals surface area contributed by atoms with Crippen molar-refractivity contribution in [2.45, 2.75) is 6.54 Å². The number of hydrogen-bond acceptors (Lipinski definition) is 6. The average Bonchev–Trinajstić information content (AvgIpc) is 3.26. The van der Waals surface area contributed by atoms with Gasteiger partial charge < -0.3 is 9.88 Å². The molecule has 0 atom stereocenters. The highest BCUT2D eigenvalue weighted by atomic mass is 32.1. The van der Waals surface area contributed by atoms with Gasteiger partial charge in [0.1, 0.15) is 11.0 Å². The van der Waals surface area contributed by atoms with E-state index in [1.54, 1.807) is 22.8 Å². The summed E-state index contributed by atoms with van der Waals surface area (Å²) in [4.78, 5) is 30.6. The van der Waals surface area contributed by atoms with Crippen molar-refractivity contribution in [1.29, 1.82) is 0 Å². The van der Waals surface area contributed by atoms with Crippen LogP contribution in [0.2, 0.25) is 0 Å². The van der Waals surface area contributed by atoms with Crippen molar-refractivity contribution in [3.8, 4) is 0 Å². The van der Waals surface area contributed by atoms with Crippen molar-refractivity contribution >= 4 is 45.4 Å². The molecule has 1 N–H and O–H groups in total. The van der Waals surface area contributed by atoms with E-state index in [4.69, 9.17) is 0 Å². The predicted octanol–water partition coefficient (Wildman–Crippen LogP) is 3.70. The third kappa shape index (κ3) is 3.23. The fourth-order valence-corrected chi connectivity index (χ4v) is 3.90. The molecule has 8 heteroatoms. The van der Waals surface area contributed by atoms with Gasteiger partial charge in [0.2, 0.25) is 0 Å². The van der Waals surface area contributed by atoms with Crippen molar-refractivity contribution < 1.29 is 4.79 Å². The Morgan fingerprint density at radius 2 is 1.67 bits per heavy atom. The Balaban J connectivity index is 1.60. The zero-order chi connectivity index (χ0) is 20.5. The Kier molecular flexibility index (Phi) is 4.53. The third-order valence-corrected chi connectivity index (χ3v) is 5.33. The lowest BCUT2D eigenvalue weighted by Gasteiger charge is -2.12. The van der Waals surface area contributed by atoms with Gasteiger partial charge in [0.15, 0.2) is 5.69 Å². The van der Waals surface area contributed by atoms with Gasteiger partial charge in [-0.3, -0.25) is 9.59 Å². The monoisotopic (exact) mass is 413 g/mol. The van der Waals surface area contributed by atoms with Crippen LogP contribution in [-0.4, -0.2) is 24.2 Å². The molecule has 0 saturated carbocycles. The second-order valence-electron chi connectivity index (χ2n) is 6.72. The summed E-state index contributed by atoms with van der Waals surface area (Å²) in [6, 6.07) is 22.3. The maximum atomic E-state index is 13.2. The second kappa shape index (κ2) is 7.49. The van der Waals surface area contributed by atoms with Gasteiger partial charge in [0, 0.05) is 0 Å². The molecule has 0 aliphatic rings. The Labute approximate surface area is 175 Å². The van der Waals surface area contributed by atoms with Crippen LogP contribution in [0.15, 0.2) is 77.6 Å². The SMILES string of the molecule is O=C(Nc1cccc2nsnc12)c1nc2ccccc2n(Cc2ccccc2)c1=O. The molecular weight excluding hydrogens is 398 g/mol. The summed E-state index contributed by atoms with van der Waals surface area (Å²) in [7, 11) is 0. The lowest BCUT2D eigenvalue weighted by atomic mass is 10.2. The molecular formula is C22H15N5O2S.